The zero-order valence-corrected chi connectivity index (χ0v) is 16.4. The van der Waals surface area contributed by atoms with Gasteiger partial charge in [0.05, 0.1) is 22.4 Å². The van der Waals surface area contributed by atoms with Gasteiger partial charge in [0.15, 0.2) is 11.6 Å². The van der Waals surface area contributed by atoms with E-state index in [1.807, 2.05) is 0 Å². The summed E-state index contributed by atoms with van der Waals surface area (Å²) in [4.78, 5) is 3.43. The van der Waals surface area contributed by atoms with Gasteiger partial charge < -0.3 is 4.74 Å². The number of halogens is 3. The number of aromatic nitrogens is 1. The maximum atomic E-state index is 14.0. The van der Waals surface area contributed by atoms with Crippen LogP contribution in [0.15, 0.2) is 76.7 Å². The van der Waals surface area contributed by atoms with E-state index in [0.717, 1.165) is 18.3 Å². The largest absolute Gasteiger partial charge is 0.497 e. The lowest BCUT2D eigenvalue weighted by molar-refractivity contribution is 0.415. The van der Waals surface area contributed by atoms with Gasteiger partial charge in [0.25, 0.3) is 0 Å². The molecule has 8 heteroatoms. The molecule has 0 atom stereocenters. The van der Waals surface area contributed by atoms with Gasteiger partial charge in [-0.05, 0) is 54.1 Å². The molecule has 4 aromatic rings. The predicted molar refractivity (Wildman–Crippen MR) is 105 cm³/mol. The molecule has 1 aromatic heterocycles. The molecule has 0 saturated carbocycles. The van der Waals surface area contributed by atoms with Gasteiger partial charge in [-0.25, -0.2) is 21.6 Å². The molecule has 0 saturated heterocycles. The summed E-state index contributed by atoms with van der Waals surface area (Å²) in [5, 5.41) is 0.256. The zero-order chi connectivity index (χ0) is 21.5. The SMILES string of the molecule is COc1cccc(-c2c(S(=O)(=O)c3ccc(F)c(F)c3)cnc3ccc(F)cc23)c1. The van der Waals surface area contributed by atoms with Crippen molar-refractivity contribution < 1.29 is 26.3 Å². The molecule has 152 valence electrons. The summed E-state index contributed by atoms with van der Waals surface area (Å²) >= 11 is 0. The summed E-state index contributed by atoms with van der Waals surface area (Å²) in [6.45, 7) is 0. The number of methoxy groups -OCH3 is 1. The van der Waals surface area contributed by atoms with Gasteiger partial charge in [0.1, 0.15) is 11.6 Å². The van der Waals surface area contributed by atoms with Crippen molar-refractivity contribution >= 4 is 20.7 Å². The minimum Gasteiger partial charge on any atom is -0.497 e. The Labute approximate surface area is 170 Å². The molecule has 0 amide bonds. The van der Waals surface area contributed by atoms with Crippen LogP contribution in [0.3, 0.4) is 0 Å². The molecule has 1 heterocycles. The molecule has 0 N–H and O–H groups in total. The summed E-state index contributed by atoms with van der Waals surface area (Å²) in [5.74, 6) is -2.57. The highest BCUT2D eigenvalue weighted by atomic mass is 32.2. The molecule has 0 bridgehead atoms. The fourth-order valence-corrected chi connectivity index (χ4v) is 4.65. The van der Waals surface area contributed by atoms with Crippen molar-refractivity contribution in [1.82, 2.24) is 4.98 Å². The van der Waals surface area contributed by atoms with Crippen LogP contribution in [-0.2, 0) is 9.84 Å². The van der Waals surface area contributed by atoms with Crippen LogP contribution in [0.2, 0.25) is 0 Å². The van der Waals surface area contributed by atoms with E-state index in [0.29, 0.717) is 22.9 Å². The van der Waals surface area contributed by atoms with Crippen LogP contribution < -0.4 is 4.74 Å². The number of ether oxygens (including phenoxy) is 1. The monoisotopic (exact) mass is 429 g/mol. The number of benzene rings is 3. The highest BCUT2D eigenvalue weighted by molar-refractivity contribution is 7.91. The van der Waals surface area contributed by atoms with Gasteiger partial charge in [0, 0.05) is 17.1 Å². The van der Waals surface area contributed by atoms with E-state index in [9.17, 15) is 21.6 Å². The van der Waals surface area contributed by atoms with E-state index in [2.05, 4.69) is 4.98 Å². The van der Waals surface area contributed by atoms with Crippen molar-refractivity contribution in [1.29, 1.82) is 0 Å². The molecule has 0 aliphatic carbocycles. The molecule has 0 fully saturated rings. The number of rotatable bonds is 4. The van der Waals surface area contributed by atoms with E-state index in [4.69, 9.17) is 4.74 Å². The van der Waals surface area contributed by atoms with Gasteiger partial charge in [0.2, 0.25) is 9.84 Å². The van der Waals surface area contributed by atoms with Crippen molar-refractivity contribution in [3.8, 4) is 16.9 Å². The second-order valence-electron chi connectivity index (χ2n) is 6.47. The van der Waals surface area contributed by atoms with Crippen LogP contribution in [0, 0.1) is 17.5 Å². The molecule has 0 aliphatic heterocycles. The second-order valence-corrected chi connectivity index (χ2v) is 8.39. The van der Waals surface area contributed by atoms with Crippen LogP contribution in [0.5, 0.6) is 5.75 Å². The number of hydrogen-bond donors (Lipinski definition) is 0. The molecule has 30 heavy (non-hydrogen) atoms. The Morgan fingerprint density at radius 1 is 0.900 bits per heavy atom. The Hall–Kier alpha value is -3.39. The number of sulfone groups is 1. The third-order valence-electron chi connectivity index (χ3n) is 4.64. The highest BCUT2D eigenvalue weighted by Crippen LogP contribution is 2.38. The first-order valence-corrected chi connectivity index (χ1v) is 10.2. The Balaban J connectivity index is 2.08. The summed E-state index contributed by atoms with van der Waals surface area (Å²) < 4.78 is 73.0. The first-order chi connectivity index (χ1) is 14.3. The molecule has 0 radical (unpaired) electrons. The molecule has 4 nitrogen and oxygen atoms in total. The van der Waals surface area contributed by atoms with Crippen LogP contribution in [0.4, 0.5) is 13.2 Å². The van der Waals surface area contributed by atoms with E-state index in [1.165, 1.54) is 25.3 Å². The lowest BCUT2D eigenvalue weighted by Crippen LogP contribution is -2.07. The molecular weight excluding hydrogens is 415 g/mol. The van der Waals surface area contributed by atoms with E-state index >= 15 is 0 Å². The van der Waals surface area contributed by atoms with Crippen molar-refractivity contribution in [2.24, 2.45) is 0 Å². The smallest absolute Gasteiger partial charge is 0.208 e. The standard InChI is InChI=1S/C22H14F3NO3S/c1-29-15-4-2-3-13(9-15)22-17-10-14(23)5-8-20(17)26-12-21(22)30(27,28)16-6-7-18(24)19(25)11-16/h2-12H,1H3. The quantitative estimate of drug-likeness (QED) is 0.421. The average Bonchev–Trinajstić information content (AvgIpc) is 2.74. The van der Waals surface area contributed by atoms with Crippen molar-refractivity contribution in [2.45, 2.75) is 9.79 Å². The summed E-state index contributed by atoms with van der Waals surface area (Å²) in [5.41, 5.74) is 0.995. The molecular formula is C22H14F3NO3S. The third kappa shape index (κ3) is 3.39. The number of hydrogen-bond acceptors (Lipinski definition) is 4. The second kappa shape index (κ2) is 7.46. The molecule has 0 spiro atoms. The van der Waals surface area contributed by atoms with Gasteiger partial charge in [-0.3, -0.25) is 4.98 Å². The van der Waals surface area contributed by atoms with E-state index in [-0.39, 0.29) is 15.8 Å². The first kappa shape index (κ1) is 19.9. The van der Waals surface area contributed by atoms with Crippen LogP contribution in [-0.4, -0.2) is 20.5 Å². The van der Waals surface area contributed by atoms with Crippen LogP contribution in [0.1, 0.15) is 0 Å². The Morgan fingerprint density at radius 2 is 1.70 bits per heavy atom. The molecule has 0 aliphatic rings. The summed E-state index contributed by atoms with van der Waals surface area (Å²) in [6, 6.07) is 12.7. The fraction of sp³-hybridized carbons (Fsp3) is 0.0455. The number of pyridine rings is 1. The topological polar surface area (TPSA) is 56.3 Å². The van der Waals surface area contributed by atoms with Gasteiger partial charge >= 0.3 is 0 Å². The summed E-state index contributed by atoms with van der Waals surface area (Å²) in [6.07, 6.45) is 1.13. The Morgan fingerprint density at radius 3 is 2.43 bits per heavy atom. The first-order valence-electron chi connectivity index (χ1n) is 8.74. The zero-order valence-electron chi connectivity index (χ0n) is 15.6. The van der Waals surface area contributed by atoms with E-state index in [1.54, 1.807) is 24.3 Å². The van der Waals surface area contributed by atoms with Crippen molar-refractivity contribution in [3.05, 3.63) is 84.3 Å². The maximum Gasteiger partial charge on any atom is 0.208 e. The average molecular weight is 429 g/mol. The van der Waals surface area contributed by atoms with Crippen molar-refractivity contribution in [2.75, 3.05) is 7.11 Å². The normalized spacial score (nSPS) is 11.6. The highest BCUT2D eigenvalue weighted by Gasteiger charge is 2.26. The lowest BCUT2D eigenvalue weighted by atomic mass is 10.0. The Bertz CT molecular complexity index is 1390. The fourth-order valence-electron chi connectivity index (χ4n) is 3.20. The van der Waals surface area contributed by atoms with Gasteiger partial charge in [-0.1, -0.05) is 12.1 Å². The third-order valence-corrected chi connectivity index (χ3v) is 6.41. The predicted octanol–water partition coefficient (Wildman–Crippen LogP) is 5.16. The Kier molecular flexibility index (Phi) is 4.95. The van der Waals surface area contributed by atoms with E-state index < -0.39 is 32.2 Å². The minimum absolute atomic E-state index is 0.183. The van der Waals surface area contributed by atoms with Gasteiger partial charge in [-0.2, -0.15) is 0 Å². The van der Waals surface area contributed by atoms with Gasteiger partial charge in [-0.15, -0.1) is 0 Å². The maximum absolute atomic E-state index is 14.0. The van der Waals surface area contributed by atoms with Crippen LogP contribution in [0.25, 0.3) is 22.0 Å². The van der Waals surface area contributed by atoms with Crippen molar-refractivity contribution in [3.63, 3.8) is 0 Å². The minimum atomic E-state index is -4.31. The number of nitrogens with zero attached hydrogens (tertiary/aromatic N) is 1. The lowest BCUT2D eigenvalue weighted by Gasteiger charge is -2.15. The summed E-state index contributed by atoms with van der Waals surface area (Å²) in [7, 11) is -2.85. The molecule has 4 rings (SSSR count). The number of fused-ring (bicyclic) bond motifs is 1. The molecule has 0 unspecified atom stereocenters. The van der Waals surface area contributed by atoms with Crippen LogP contribution >= 0.6 is 0 Å². The molecule has 3 aromatic carbocycles.